The summed E-state index contributed by atoms with van der Waals surface area (Å²) in [7, 11) is 0. The Morgan fingerprint density at radius 3 is 2.67 bits per heavy atom. The Bertz CT molecular complexity index is 1020. The molecule has 0 fully saturated rings. The maximum absolute atomic E-state index is 11.7. The molecule has 0 spiro atoms. The lowest BCUT2D eigenvalue weighted by Crippen LogP contribution is -2.10. The molecule has 0 atom stereocenters. The third-order valence-corrected chi connectivity index (χ3v) is 4.44. The van der Waals surface area contributed by atoms with E-state index in [4.69, 9.17) is 44.6 Å². The van der Waals surface area contributed by atoms with Crippen molar-refractivity contribution in [2.45, 2.75) is 13.6 Å². The van der Waals surface area contributed by atoms with Gasteiger partial charge in [-0.2, -0.15) is 0 Å². The fourth-order valence-corrected chi connectivity index (χ4v) is 2.96. The van der Waals surface area contributed by atoms with Crippen molar-refractivity contribution in [2.24, 2.45) is 0 Å². The molecule has 0 radical (unpaired) electrons. The molecule has 0 saturated heterocycles. The lowest BCUT2D eigenvalue weighted by Gasteiger charge is -2.07. The van der Waals surface area contributed by atoms with E-state index >= 15 is 0 Å². The predicted octanol–water partition coefficient (Wildman–Crippen LogP) is 5.43. The molecule has 0 bridgehead atoms. The second-order valence-corrected chi connectivity index (χ2v) is 6.62. The van der Waals surface area contributed by atoms with Crippen molar-refractivity contribution in [1.29, 1.82) is 0 Å². The topological polar surface area (TPSA) is 69.3 Å². The van der Waals surface area contributed by atoms with Crippen LogP contribution < -0.4 is 5.32 Å². The molecule has 0 amide bonds. The van der Waals surface area contributed by atoms with Gasteiger partial charge in [-0.25, -0.2) is 9.48 Å². The summed E-state index contributed by atoms with van der Waals surface area (Å²) >= 11 is 17.3. The Morgan fingerprint density at radius 1 is 1.26 bits per heavy atom. The molecule has 0 aliphatic heterocycles. The summed E-state index contributed by atoms with van der Waals surface area (Å²) in [5, 5.41) is 8.44. The first-order valence-electron chi connectivity index (χ1n) is 8.02. The Balaban J connectivity index is 1.71. The molecule has 3 rings (SSSR count). The van der Waals surface area contributed by atoms with Gasteiger partial charge in [0.2, 0.25) is 5.89 Å². The summed E-state index contributed by atoms with van der Waals surface area (Å²) in [6.45, 7) is 2.39. The van der Waals surface area contributed by atoms with Gasteiger partial charge < -0.3 is 14.5 Å². The monoisotopic (exact) mass is 423 g/mol. The molecule has 27 heavy (non-hydrogen) atoms. The second kappa shape index (κ2) is 8.56. The number of carbonyl (C=O) groups excluding carboxylic acids is 1. The van der Waals surface area contributed by atoms with Crippen molar-refractivity contribution >= 4 is 47.1 Å². The number of nitrogens with zero attached hydrogens (tertiary/aromatic N) is 2. The molecular formula is C18H15Cl2N3O3S. The summed E-state index contributed by atoms with van der Waals surface area (Å²) in [5.41, 5.74) is 1.88. The van der Waals surface area contributed by atoms with E-state index in [2.05, 4.69) is 10.4 Å². The molecule has 140 valence electrons. The lowest BCUT2D eigenvalue weighted by atomic mass is 10.2. The molecule has 9 heteroatoms. The Kier molecular flexibility index (Phi) is 6.15. The zero-order valence-electron chi connectivity index (χ0n) is 14.2. The van der Waals surface area contributed by atoms with Crippen LogP contribution in [0.1, 0.15) is 17.3 Å². The molecule has 0 aliphatic carbocycles. The van der Waals surface area contributed by atoms with Crippen molar-refractivity contribution in [3.05, 3.63) is 62.9 Å². The molecular weight excluding hydrogens is 409 g/mol. The zero-order valence-corrected chi connectivity index (χ0v) is 16.6. The van der Waals surface area contributed by atoms with Gasteiger partial charge in [0.25, 0.3) is 4.84 Å². The summed E-state index contributed by atoms with van der Waals surface area (Å²) in [6, 6.07) is 11.9. The van der Waals surface area contributed by atoms with E-state index in [1.54, 1.807) is 49.4 Å². The predicted molar refractivity (Wildman–Crippen MR) is 107 cm³/mol. The number of rotatable bonds is 6. The maximum Gasteiger partial charge on any atom is 0.338 e. The Labute approximate surface area is 170 Å². The Morgan fingerprint density at radius 2 is 2.00 bits per heavy atom. The van der Waals surface area contributed by atoms with Gasteiger partial charge in [0, 0.05) is 10.7 Å². The number of anilines is 1. The minimum Gasteiger partial charge on any atom is -0.462 e. The lowest BCUT2D eigenvalue weighted by molar-refractivity contribution is 0.0526. The molecule has 6 nitrogen and oxygen atoms in total. The van der Waals surface area contributed by atoms with Crippen LogP contribution in [0.15, 0.2) is 46.9 Å². The largest absolute Gasteiger partial charge is 0.462 e. The highest BCUT2D eigenvalue weighted by molar-refractivity contribution is 7.71. The molecule has 0 saturated carbocycles. The van der Waals surface area contributed by atoms with Crippen LogP contribution in [0.2, 0.25) is 10.0 Å². The van der Waals surface area contributed by atoms with Crippen LogP contribution in [0.25, 0.3) is 11.5 Å². The average molecular weight is 424 g/mol. The van der Waals surface area contributed by atoms with Crippen LogP contribution >= 0.6 is 35.4 Å². The van der Waals surface area contributed by atoms with Gasteiger partial charge in [0.15, 0.2) is 0 Å². The van der Waals surface area contributed by atoms with Gasteiger partial charge in [0.1, 0.15) is 6.67 Å². The van der Waals surface area contributed by atoms with Crippen molar-refractivity contribution in [3.63, 3.8) is 0 Å². The quantitative estimate of drug-likeness (QED) is 0.421. The summed E-state index contributed by atoms with van der Waals surface area (Å²) in [6.07, 6.45) is 0. The van der Waals surface area contributed by atoms with Crippen LogP contribution in [0.5, 0.6) is 0 Å². The standard InChI is InChI=1S/C18H15Cl2N3O3S/c1-2-25-17(24)11-3-6-13(7-4-11)21-10-23-18(27)26-16(22-23)14-8-5-12(19)9-15(14)20/h3-9,21H,2,10H2,1H3. The number of benzene rings is 2. The third-order valence-electron chi connectivity index (χ3n) is 3.60. The molecule has 1 N–H and O–H groups in total. The number of ether oxygens (including phenoxy) is 1. The van der Waals surface area contributed by atoms with Crippen LogP contribution in [0.3, 0.4) is 0 Å². The number of esters is 1. The number of hydrogen-bond donors (Lipinski definition) is 1. The average Bonchev–Trinajstić information content (AvgIpc) is 3.01. The first-order chi connectivity index (χ1) is 13.0. The third kappa shape index (κ3) is 4.68. The van der Waals surface area contributed by atoms with E-state index in [9.17, 15) is 4.79 Å². The SMILES string of the molecule is CCOC(=O)c1ccc(NCn2nc(-c3ccc(Cl)cc3Cl)oc2=S)cc1. The van der Waals surface area contributed by atoms with Gasteiger partial charge in [-0.15, -0.1) is 5.10 Å². The van der Waals surface area contributed by atoms with Gasteiger partial charge in [0.05, 0.1) is 22.8 Å². The molecule has 1 heterocycles. The first kappa shape index (κ1) is 19.4. The second-order valence-electron chi connectivity index (χ2n) is 5.43. The van der Waals surface area contributed by atoms with Crippen LogP contribution in [0, 0.1) is 4.84 Å². The van der Waals surface area contributed by atoms with E-state index in [1.165, 1.54) is 4.68 Å². The summed E-state index contributed by atoms with van der Waals surface area (Å²) < 4.78 is 12.0. The van der Waals surface area contributed by atoms with Crippen LogP contribution in [-0.4, -0.2) is 22.4 Å². The van der Waals surface area contributed by atoms with E-state index in [0.29, 0.717) is 33.7 Å². The highest BCUT2D eigenvalue weighted by Gasteiger charge is 2.12. The minimum absolute atomic E-state index is 0.201. The molecule has 0 unspecified atom stereocenters. The van der Waals surface area contributed by atoms with Crippen molar-refractivity contribution < 1.29 is 13.9 Å². The van der Waals surface area contributed by atoms with Gasteiger partial charge >= 0.3 is 5.97 Å². The van der Waals surface area contributed by atoms with Crippen molar-refractivity contribution in [3.8, 4) is 11.5 Å². The van der Waals surface area contributed by atoms with E-state index < -0.39 is 0 Å². The Hall–Kier alpha value is -2.35. The van der Waals surface area contributed by atoms with Crippen LogP contribution in [-0.2, 0) is 11.4 Å². The van der Waals surface area contributed by atoms with E-state index in [1.807, 2.05) is 0 Å². The van der Waals surface area contributed by atoms with Gasteiger partial charge in [-0.05, 0) is 61.6 Å². The van der Waals surface area contributed by atoms with E-state index in [-0.39, 0.29) is 17.5 Å². The minimum atomic E-state index is -0.354. The highest BCUT2D eigenvalue weighted by Crippen LogP contribution is 2.29. The molecule has 3 aromatic rings. The number of aromatic nitrogens is 2. The number of carbonyl (C=O) groups is 1. The number of nitrogens with one attached hydrogen (secondary N) is 1. The van der Waals surface area contributed by atoms with Crippen LogP contribution in [0.4, 0.5) is 5.69 Å². The van der Waals surface area contributed by atoms with E-state index in [0.717, 1.165) is 5.69 Å². The zero-order chi connectivity index (χ0) is 19.4. The number of halogens is 2. The first-order valence-corrected chi connectivity index (χ1v) is 9.18. The van der Waals surface area contributed by atoms with Crippen molar-refractivity contribution in [2.75, 3.05) is 11.9 Å². The smallest absolute Gasteiger partial charge is 0.338 e. The summed E-state index contributed by atoms with van der Waals surface area (Å²) in [5.74, 6) is -0.0478. The fraction of sp³-hybridized carbons (Fsp3) is 0.167. The fourth-order valence-electron chi connectivity index (χ4n) is 2.28. The van der Waals surface area contributed by atoms with Gasteiger partial charge in [-0.3, -0.25) is 0 Å². The van der Waals surface area contributed by atoms with Crippen molar-refractivity contribution in [1.82, 2.24) is 9.78 Å². The number of hydrogen-bond acceptors (Lipinski definition) is 6. The maximum atomic E-state index is 11.7. The highest BCUT2D eigenvalue weighted by atomic mass is 35.5. The molecule has 0 aliphatic rings. The van der Waals surface area contributed by atoms with Gasteiger partial charge in [-0.1, -0.05) is 23.2 Å². The normalized spacial score (nSPS) is 10.6. The molecule has 2 aromatic carbocycles. The summed E-state index contributed by atoms with van der Waals surface area (Å²) in [4.78, 5) is 11.9. The molecule has 1 aromatic heterocycles.